The van der Waals surface area contributed by atoms with Crippen LogP contribution < -0.4 is 5.32 Å². The minimum absolute atomic E-state index is 0. The van der Waals surface area contributed by atoms with E-state index in [9.17, 15) is 0 Å². The zero-order valence-electron chi connectivity index (χ0n) is 16.3. The van der Waals surface area contributed by atoms with Crippen molar-refractivity contribution in [1.29, 1.82) is 0 Å². The molecular formula is C20H33IN4O. The van der Waals surface area contributed by atoms with Gasteiger partial charge in [0.15, 0.2) is 5.96 Å². The molecule has 1 aromatic rings. The zero-order valence-corrected chi connectivity index (χ0v) is 18.6. The summed E-state index contributed by atoms with van der Waals surface area (Å²) >= 11 is 0. The summed E-state index contributed by atoms with van der Waals surface area (Å²) < 4.78 is 5.11. The summed E-state index contributed by atoms with van der Waals surface area (Å²) in [5, 5.41) is 3.49. The predicted molar refractivity (Wildman–Crippen MR) is 121 cm³/mol. The molecule has 1 heterocycles. The quantitative estimate of drug-likeness (QED) is 0.274. The molecule has 0 aromatic heterocycles. The van der Waals surface area contributed by atoms with Gasteiger partial charge in [-0.2, -0.15) is 0 Å². The van der Waals surface area contributed by atoms with E-state index >= 15 is 0 Å². The van der Waals surface area contributed by atoms with Gasteiger partial charge in [0, 0.05) is 40.3 Å². The molecule has 1 aliphatic rings. The van der Waals surface area contributed by atoms with Crippen LogP contribution in [-0.2, 0) is 4.74 Å². The van der Waals surface area contributed by atoms with Gasteiger partial charge in [0.1, 0.15) is 0 Å². The number of benzene rings is 1. The maximum atomic E-state index is 5.11. The van der Waals surface area contributed by atoms with Crippen LogP contribution in [0.2, 0.25) is 0 Å². The van der Waals surface area contributed by atoms with Crippen LogP contribution in [-0.4, -0.2) is 76.3 Å². The number of hydrogen-bond acceptors (Lipinski definition) is 3. The van der Waals surface area contributed by atoms with Gasteiger partial charge in [-0.25, -0.2) is 0 Å². The Morgan fingerprint density at radius 3 is 2.65 bits per heavy atom. The summed E-state index contributed by atoms with van der Waals surface area (Å²) in [5.41, 5.74) is 2.77. The van der Waals surface area contributed by atoms with Crippen molar-refractivity contribution in [2.75, 3.05) is 60.5 Å². The zero-order chi connectivity index (χ0) is 17.9. The second-order valence-electron chi connectivity index (χ2n) is 6.42. The molecule has 2 rings (SSSR count). The van der Waals surface area contributed by atoms with E-state index in [1.807, 2.05) is 7.05 Å². The Morgan fingerprint density at radius 2 is 2.04 bits per heavy atom. The first-order valence-corrected chi connectivity index (χ1v) is 9.12. The van der Waals surface area contributed by atoms with Gasteiger partial charge in [0.05, 0.1) is 6.61 Å². The van der Waals surface area contributed by atoms with Crippen molar-refractivity contribution in [3.05, 3.63) is 42.0 Å². The summed E-state index contributed by atoms with van der Waals surface area (Å²) in [7, 11) is 5.74. The van der Waals surface area contributed by atoms with Gasteiger partial charge in [-0.3, -0.25) is 4.99 Å². The van der Waals surface area contributed by atoms with E-state index in [-0.39, 0.29) is 24.0 Å². The van der Waals surface area contributed by atoms with E-state index in [0.29, 0.717) is 0 Å². The van der Waals surface area contributed by atoms with E-state index < -0.39 is 0 Å². The normalized spacial score (nSPS) is 14.8. The molecule has 1 N–H and O–H groups in total. The molecule has 0 spiro atoms. The fraction of sp³-hybridized carbons (Fsp3) is 0.550. The van der Waals surface area contributed by atoms with Crippen LogP contribution in [0.3, 0.4) is 0 Å². The topological polar surface area (TPSA) is 40.1 Å². The number of likely N-dealkylation sites (N-methyl/N-ethyl adjacent to an activating group) is 1. The average Bonchev–Trinajstić information content (AvgIpc) is 2.67. The second kappa shape index (κ2) is 13.1. The predicted octanol–water partition coefficient (Wildman–Crippen LogP) is 2.94. The van der Waals surface area contributed by atoms with Crippen molar-refractivity contribution in [2.24, 2.45) is 4.99 Å². The molecular weight excluding hydrogens is 439 g/mol. The van der Waals surface area contributed by atoms with Gasteiger partial charge in [0.25, 0.3) is 0 Å². The molecule has 0 saturated carbocycles. The smallest absolute Gasteiger partial charge is 0.193 e. The highest BCUT2D eigenvalue weighted by atomic mass is 127. The van der Waals surface area contributed by atoms with Crippen LogP contribution >= 0.6 is 24.0 Å². The lowest BCUT2D eigenvalue weighted by atomic mass is 10.00. The summed E-state index contributed by atoms with van der Waals surface area (Å²) in [5.74, 6) is 1.00. The van der Waals surface area contributed by atoms with Crippen LogP contribution in [0.4, 0.5) is 0 Å². The summed E-state index contributed by atoms with van der Waals surface area (Å²) in [6, 6.07) is 10.7. The highest BCUT2D eigenvalue weighted by Crippen LogP contribution is 2.21. The van der Waals surface area contributed by atoms with Crippen LogP contribution in [0.5, 0.6) is 0 Å². The van der Waals surface area contributed by atoms with Crippen molar-refractivity contribution in [3.63, 3.8) is 0 Å². The molecule has 0 fully saturated rings. The largest absolute Gasteiger partial charge is 0.383 e. The van der Waals surface area contributed by atoms with Gasteiger partial charge >= 0.3 is 0 Å². The van der Waals surface area contributed by atoms with Crippen molar-refractivity contribution >= 4 is 35.5 Å². The van der Waals surface area contributed by atoms with Crippen LogP contribution in [0.15, 0.2) is 41.4 Å². The number of ether oxygens (including phenoxy) is 1. The molecule has 0 bridgehead atoms. The number of rotatable bonds is 8. The summed E-state index contributed by atoms with van der Waals surface area (Å²) in [4.78, 5) is 9.06. The number of hydrogen-bond donors (Lipinski definition) is 1. The lowest BCUT2D eigenvalue weighted by molar-refractivity contribution is 0.161. The lowest BCUT2D eigenvalue weighted by Gasteiger charge is -2.30. The Labute approximate surface area is 175 Å². The van der Waals surface area contributed by atoms with Gasteiger partial charge < -0.3 is 19.9 Å². The Hall–Kier alpha value is -1.12. The molecule has 0 saturated heterocycles. The van der Waals surface area contributed by atoms with Gasteiger partial charge in [-0.05, 0) is 37.6 Å². The third-order valence-electron chi connectivity index (χ3n) is 4.54. The number of methoxy groups -OCH3 is 1. The minimum atomic E-state index is 0. The maximum absolute atomic E-state index is 5.11. The van der Waals surface area contributed by atoms with Crippen molar-refractivity contribution in [2.45, 2.75) is 12.8 Å². The molecule has 0 amide bonds. The fourth-order valence-electron chi connectivity index (χ4n) is 3.02. The number of nitrogens with zero attached hydrogens (tertiary/aromatic N) is 3. The van der Waals surface area contributed by atoms with Crippen molar-refractivity contribution in [3.8, 4) is 0 Å². The monoisotopic (exact) mass is 472 g/mol. The Balaban J connectivity index is 0.00000338. The Kier molecular flexibility index (Phi) is 11.6. The van der Waals surface area contributed by atoms with Gasteiger partial charge in [-0.15, -0.1) is 24.0 Å². The standard InChI is InChI=1S/C20H32N4O.HI/c1-21-20(22-12-7-13-23(2)16-17-25-3)24-14-10-19(11-15-24)18-8-5-4-6-9-18;/h4-6,8-10H,7,11-17H2,1-3H3,(H,21,22);1H. The van der Waals surface area contributed by atoms with Crippen LogP contribution in [0, 0.1) is 0 Å². The molecule has 0 unspecified atom stereocenters. The van der Waals surface area contributed by atoms with Crippen molar-refractivity contribution in [1.82, 2.24) is 15.1 Å². The Bertz CT molecular complexity index is 562. The first kappa shape index (κ1) is 22.9. The highest BCUT2D eigenvalue weighted by Gasteiger charge is 2.15. The summed E-state index contributed by atoms with van der Waals surface area (Å²) in [6.45, 7) is 5.69. The molecule has 0 radical (unpaired) electrons. The Morgan fingerprint density at radius 1 is 1.27 bits per heavy atom. The van der Waals surface area contributed by atoms with Crippen LogP contribution in [0.25, 0.3) is 5.57 Å². The van der Waals surface area contributed by atoms with E-state index in [1.165, 1.54) is 11.1 Å². The van der Waals surface area contributed by atoms with Crippen molar-refractivity contribution < 1.29 is 4.74 Å². The molecule has 0 atom stereocenters. The fourth-order valence-corrected chi connectivity index (χ4v) is 3.02. The maximum Gasteiger partial charge on any atom is 0.193 e. The number of guanidine groups is 1. The van der Waals surface area contributed by atoms with Gasteiger partial charge in [-0.1, -0.05) is 36.4 Å². The number of nitrogens with one attached hydrogen (secondary N) is 1. The molecule has 26 heavy (non-hydrogen) atoms. The molecule has 5 nitrogen and oxygen atoms in total. The highest BCUT2D eigenvalue weighted by molar-refractivity contribution is 14.0. The van der Waals surface area contributed by atoms with E-state index in [4.69, 9.17) is 4.74 Å². The second-order valence-corrected chi connectivity index (χ2v) is 6.42. The molecule has 1 aromatic carbocycles. The molecule has 1 aliphatic heterocycles. The van der Waals surface area contributed by atoms with E-state index in [0.717, 1.165) is 58.1 Å². The number of halogens is 1. The molecule has 6 heteroatoms. The minimum Gasteiger partial charge on any atom is -0.383 e. The first-order valence-electron chi connectivity index (χ1n) is 9.12. The first-order chi connectivity index (χ1) is 12.2. The number of aliphatic imine (C=N–C) groups is 1. The lowest BCUT2D eigenvalue weighted by Crippen LogP contribution is -2.44. The van der Waals surface area contributed by atoms with Crippen LogP contribution in [0.1, 0.15) is 18.4 Å². The van der Waals surface area contributed by atoms with Gasteiger partial charge in [0.2, 0.25) is 0 Å². The molecule has 0 aliphatic carbocycles. The molecule has 146 valence electrons. The SMILES string of the molecule is CN=C(NCCCN(C)CCOC)N1CC=C(c2ccccc2)CC1.I. The third-order valence-corrected chi connectivity index (χ3v) is 4.54. The van der Waals surface area contributed by atoms with E-state index in [1.54, 1.807) is 7.11 Å². The van der Waals surface area contributed by atoms with E-state index in [2.05, 4.69) is 63.6 Å². The summed E-state index contributed by atoms with van der Waals surface area (Å²) in [6.07, 6.45) is 4.48. The third kappa shape index (κ3) is 7.63. The average molecular weight is 472 g/mol.